The number of carbonyl (C=O) groups excluding carboxylic acids is 1. The number of nitrogens with one attached hydrogen (secondary N) is 1. The van der Waals surface area contributed by atoms with Crippen LogP contribution in [-0.4, -0.2) is 47.1 Å². The van der Waals surface area contributed by atoms with Crippen LogP contribution in [0.25, 0.3) is 0 Å². The van der Waals surface area contributed by atoms with Crippen molar-refractivity contribution in [1.82, 2.24) is 10.2 Å². The van der Waals surface area contributed by atoms with Crippen molar-refractivity contribution < 1.29 is 14.7 Å². The van der Waals surface area contributed by atoms with E-state index in [0.29, 0.717) is 0 Å². The molecule has 1 aliphatic heterocycles. The summed E-state index contributed by atoms with van der Waals surface area (Å²) in [4.78, 5) is 24.5. The average molecular weight is 226 g/mol. The molecule has 1 heterocycles. The van der Waals surface area contributed by atoms with E-state index in [2.05, 4.69) is 10.2 Å². The fourth-order valence-corrected chi connectivity index (χ4v) is 2.11. The molecule has 2 unspecified atom stereocenters. The normalized spacial score (nSPS) is 27.7. The summed E-state index contributed by atoms with van der Waals surface area (Å²) >= 11 is 0. The standard InChI is InChI=1S/C11H18N2O3/c1-7(11(15)16)10(14)12-8-4-5-13(6-8)9-2-3-9/h7-9H,2-6H2,1H3,(H,12,14)(H,15,16). The highest BCUT2D eigenvalue weighted by atomic mass is 16.4. The lowest BCUT2D eigenvalue weighted by Gasteiger charge is -2.16. The first-order valence-corrected chi connectivity index (χ1v) is 5.85. The van der Waals surface area contributed by atoms with E-state index in [1.54, 1.807) is 0 Å². The molecule has 2 atom stereocenters. The number of aliphatic carboxylic acids is 1. The minimum Gasteiger partial charge on any atom is -0.481 e. The third kappa shape index (κ3) is 2.52. The van der Waals surface area contributed by atoms with Crippen LogP contribution in [0.3, 0.4) is 0 Å². The number of carboxylic acids is 1. The number of carbonyl (C=O) groups is 2. The predicted molar refractivity (Wildman–Crippen MR) is 57.9 cm³/mol. The van der Waals surface area contributed by atoms with Gasteiger partial charge in [-0.05, 0) is 26.2 Å². The summed E-state index contributed by atoms with van der Waals surface area (Å²) in [7, 11) is 0. The molecule has 1 saturated heterocycles. The Morgan fingerprint density at radius 1 is 1.38 bits per heavy atom. The van der Waals surface area contributed by atoms with Crippen molar-refractivity contribution in [3.05, 3.63) is 0 Å². The van der Waals surface area contributed by atoms with Crippen LogP contribution in [-0.2, 0) is 9.59 Å². The molecule has 5 heteroatoms. The third-order valence-electron chi connectivity index (χ3n) is 3.39. The zero-order chi connectivity index (χ0) is 11.7. The van der Waals surface area contributed by atoms with Gasteiger partial charge in [0.05, 0.1) is 0 Å². The molecule has 0 spiro atoms. The number of likely N-dealkylation sites (tertiary alicyclic amines) is 1. The predicted octanol–water partition coefficient (Wildman–Crippen LogP) is 0.0600. The van der Waals surface area contributed by atoms with Gasteiger partial charge in [-0.3, -0.25) is 14.5 Å². The Labute approximate surface area is 94.8 Å². The van der Waals surface area contributed by atoms with Gasteiger partial charge in [-0.25, -0.2) is 0 Å². The molecule has 0 radical (unpaired) electrons. The van der Waals surface area contributed by atoms with Gasteiger partial charge in [0, 0.05) is 25.2 Å². The summed E-state index contributed by atoms with van der Waals surface area (Å²) < 4.78 is 0. The highest BCUT2D eigenvalue weighted by Gasteiger charge is 2.35. The second kappa shape index (κ2) is 4.41. The molecular formula is C11H18N2O3. The van der Waals surface area contributed by atoms with E-state index in [-0.39, 0.29) is 11.9 Å². The Morgan fingerprint density at radius 3 is 2.62 bits per heavy atom. The quantitative estimate of drug-likeness (QED) is 0.665. The molecule has 1 amide bonds. The van der Waals surface area contributed by atoms with Crippen molar-refractivity contribution in [3.63, 3.8) is 0 Å². The maximum Gasteiger partial charge on any atom is 0.315 e. The highest BCUT2D eigenvalue weighted by Crippen LogP contribution is 2.29. The van der Waals surface area contributed by atoms with Crippen LogP contribution in [0, 0.1) is 5.92 Å². The second-order valence-corrected chi connectivity index (χ2v) is 4.78. The van der Waals surface area contributed by atoms with Crippen molar-refractivity contribution in [2.24, 2.45) is 5.92 Å². The second-order valence-electron chi connectivity index (χ2n) is 4.78. The van der Waals surface area contributed by atoms with E-state index in [1.807, 2.05) is 0 Å². The molecule has 1 aliphatic carbocycles. The number of hydrogen-bond donors (Lipinski definition) is 2. The Hall–Kier alpha value is -1.10. The Morgan fingerprint density at radius 2 is 2.06 bits per heavy atom. The van der Waals surface area contributed by atoms with Crippen molar-refractivity contribution in [1.29, 1.82) is 0 Å². The fourth-order valence-electron chi connectivity index (χ4n) is 2.11. The number of rotatable bonds is 4. The Kier molecular flexibility index (Phi) is 3.14. The largest absolute Gasteiger partial charge is 0.481 e. The van der Waals surface area contributed by atoms with Gasteiger partial charge in [-0.15, -0.1) is 0 Å². The van der Waals surface area contributed by atoms with Crippen LogP contribution in [0.5, 0.6) is 0 Å². The van der Waals surface area contributed by atoms with E-state index < -0.39 is 11.9 Å². The van der Waals surface area contributed by atoms with Crippen molar-refractivity contribution in [3.8, 4) is 0 Å². The fraction of sp³-hybridized carbons (Fsp3) is 0.818. The van der Waals surface area contributed by atoms with Crippen LogP contribution in [0.4, 0.5) is 0 Å². The van der Waals surface area contributed by atoms with Gasteiger partial charge in [0.25, 0.3) is 0 Å². The number of nitrogens with zero attached hydrogens (tertiary/aromatic N) is 1. The van der Waals surface area contributed by atoms with Gasteiger partial charge in [-0.1, -0.05) is 0 Å². The van der Waals surface area contributed by atoms with Gasteiger partial charge >= 0.3 is 5.97 Å². The summed E-state index contributed by atoms with van der Waals surface area (Å²) in [6, 6.07) is 0.855. The molecular weight excluding hydrogens is 208 g/mol. The maximum atomic E-state index is 11.5. The number of amides is 1. The maximum absolute atomic E-state index is 11.5. The van der Waals surface area contributed by atoms with E-state index in [0.717, 1.165) is 25.6 Å². The van der Waals surface area contributed by atoms with E-state index in [4.69, 9.17) is 5.11 Å². The summed E-state index contributed by atoms with van der Waals surface area (Å²) in [5.41, 5.74) is 0. The lowest BCUT2D eigenvalue weighted by Crippen LogP contribution is -2.42. The zero-order valence-electron chi connectivity index (χ0n) is 9.48. The first kappa shape index (κ1) is 11.4. The molecule has 2 fully saturated rings. The SMILES string of the molecule is CC(C(=O)O)C(=O)NC1CCN(C2CC2)C1. The van der Waals surface area contributed by atoms with Gasteiger partial charge in [0.1, 0.15) is 5.92 Å². The minimum absolute atomic E-state index is 0.134. The zero-order valence-corrected chi connectivity index (χ0v) is 9.48. The smallest absolute Gasteiger partial charge is 0.315 e. The number of carboxylic acid groups (broad SMARTS) is 1. The average Bonchev–Trinajstić information content (AvgIpc) is 2.99. The molecule has 1 saturated carbocycles. The molecule has 16 heavy (non-hydrogen) atoms. The molecule has 0 aromatic rings. The van der Waals surface area contributed by atoms with Crippen LogP contribution < -0.4 is 5.32 Å². The molecule has 2 aliphatic rings. The summed E-state index contributed by atoms with van der Waals surface area (Å²) in [6.45, 7) is 3.32. The third-order valence-corrected chi connectivity index (χ3v) is 3.39. The van der Waals surface area contributed by atoms with Crippen LogP contribution >= 0.6 is 0 Å². The molecule has 0 bridgehead atoms. The lowest BCUT2D eigenvalue weighted by atomic mass is 10.1. The molecule has 2 N–H and O–H groups in total. The molecule has 0 aromatic heterocycles. The highest BCUT2D eigenvalue weighted by molar-refractivity contribution is 5.96. The van der Waals surface area contributed by atoms with Crippen LogP contribution in [0.1, 0.15) is 26.2 Å². The van der Waals surface area contributed by atoms with Gasteiger partial charge < -0.3 is 10.4 Å². The first-order chi connectivity index (χ1) is 7.58. The van der Waals surface area contributed by atoms with E-state index in [9.17, 15) is 9.59 Å². The van der Waals surface area contributed by atoms with Gasteiger partial charge in [0.2, 0.25) is 5.91 Å². The summed E-state index contributed by atoms with van der Waals surface area (Å²) in [5, 5.41) is 11.5. The summed E-state index contributed by atoms with van der Waals surface area (Å²) in [6.07, 6.45) is 3.48. The lowest BCUT2D eigenvalue weighted by molar-refractivity contribution is -0.146. The summed E-state index contributed by atoms with van der Waals surface area (Å²) in [5.74, 6) is -2.38. The van der Waals surface area contributed by atoms with Crippen molar-refractivity contribution >= 4 is 11.9 Å². The number of hydrogen-bond acceptors (Lipinski definition) is 3. The van der Waals surface area contributed by atoms with Crippen LogP contribution in [0.15, 0.2) is 0 Å². The molecule has 5 nitrogen and oxygen atoms in total. The first-order valence-electron chi connectivity index (χ1n) is 5.85. The Balaban J connectivity index is 1.77. The molecule has 0 aromatic carbocycles. The van der Waals surface area contributed by atoms with Gasteiger partial charge in [0.15, 0.2) is 0 Å². The van der Waals surface area contributed by atoms with Gasteiger partial charge in [-0.2, -0.15) is 0 Å². The van der Waals surface area contributed by atoms with Crippen molar-refractivity contribution in [2.45, 2.75) is 38.3 Å². The van der Waals surface area contributed by atoms with Crippen LogP contribution in [0.2, 0.25) is 0 Å². The monoisotopic (exact) mass is 226 g/mol. The van der Waals surface area contributed by atoms with Crippen molar-refractivity contribution in [2.75, 3.05) is 13.1 Å². The topological polar surface area (TPSA) is 69.6 Å². The molecule has 90 valence electrons. The molecule has 2 rings (SSSR count). The van der Waals surface area contributed by atoms with E-state index >= 15 is 0 Å². The minimum atomic E-state index is -1.06. The Bertz CT molecular complexity index is 302. The van der Waals surface area contributed by atoms with E-state index in [1.165, 1.54) is 19.8 Å².